The van der Waals surface area contributed by atoms with Crippen molar-refractivity contribution >= 4 is 0 Å². The molecule has 0 saturated heterocycles. The second-order valence-corrected chi connectivity index (χ2v) is 4.01. The molecule has 0 aliphatic heterocycles. The molecule has 1 saturated carbocycles. The van der Waals surface area contributed by atoms with Crippen molar-refractivity contribution < 1.29 is 23.0 Å². The molecule has 1 aliphatic rings. The van der Waals surface area contributed by atoms with Gasteiger partial charge < -0.3 is 9.84 Å². The first-order valence-corrected chi connectivity index (χ1v) is 4.92. The van der Waals surface area contributed by atoms with Crippen LogP contribution >= 0.6 is 0 Å². The van der Waals surface area contributed by atoms with Crippen LogP contribution in [0.5, 0.6) is 5.75 Å². The maximum atomic E-state index is 12.0. The van der Waals surface area contributed by atoms with Gasteiger partial charge in [-0.15, -0.1) is 13.2 Å². The monoisotopic (exact) mass is 232 g/mol. The van der Waals surface area contributed by atoms with E-state index in [9.17, 15) is 18.3 Å². The van der Waals surface area contributed by atoms with Gasteiger partial charge in [0.15, 0.2) is 0 Å². The van der Waals surface area contributed by atoms with Crippen LogP contribution in [0.3, 0.4) is 0 Å². The van der Waals surface area contributed by atoms with Crippen LogP contribution in [0.25, 0.3) is 0 Å². The molecule has 1 N–H and O–H groups in total. The molecule has 0 spiro atoms. The highest BCUT2D eigenvalue weighted by Gasteiger charge is 2.44. The third-order valence-electron chi connectivity index (χ3n) is 2.84. The third kappa shape index (κ3) is 2.29. The van der Waals surface area contributed by atoms with Crippen molar-refractivity contribution in [2.45, 2.75) is 24.6 Å². The molecule has 0 heterocycles. The van der Waals surface area contributed by atoms with Crippen molar-refractivity contribution in [1.82, 2.24) is 0 Å². The molecular weight excluding hydrogens is 221 g/mol. The first kappa shape index (κ1) is 11.3. The average Bonchev–Trinajstić information content (AvgIpc) is 2.96. The summed E-state index contributed by atoms with van der Waals surface area (Å²) >= 11 is 0. The molecule has 5 heteroatoms. The molecular formula is C11H11F3O2. The SMILES string of the molecule is OCC1(c2cccc(OC(F)(F)F)c2)CC1. The number of benzene rings is 1. The third-order valence-corrected chi connectivity index (χ3v) is 2.84. The molecule has 1 aromatic rings. The molecule has 88 valence electrons. The molecule has 2 rings (SSSR count). The maximum absolute atomic E-state index is 12.0. The van der Waals surface area contributed by atoms with Gasteiger partial charge in [0.1, 0.15) is 5.75 Å². The summed E-state index contributed by atoms with van der Waals surface area (Å²) < 4.78 is 39.8. The summed E-state index contributed by atoms with van der Waals surface area (Å²) in [7, 11) is 0. The second-order valence-electron chi connectivity index (χ2n) is 4.01. The number of hydrogen-bond donors (Lipinski definition) is 1. The van der Waals surface area contributed by atoms with Crippen LogP contribution < -0.4 is 4.74 Å². The first-order valence-electron chi connectivity index (χ1n) is 4.92. The highest BCUT2D eigenvalue weighted by molar-refractivity contribution is 5.37. The van der Waals surface area contributed by atoms with E-state index in [0.29, 0.717) is 5.56 Å². The fraction of sp³-hybridized carbons (Fsp3) is 0.455. The minimum atomic E-state index is -4.67. The van der Waals surface area contributed by atoms with Crippen LogP contribution in [0, 0.1) is 0 Å². The minimum Gasteiger partial charge on any atom is -0.406 e. The van der Waals surface area contributed by atoms with E-state index < -0.39 is 6.36 Å². The van der Waals surface area contributed by atoms with E-state index in [1.165, 1.54) is 18.2 Å². The van der Waals surface area contributed by atoms with Crippen LogP contribution in [0.1, 0.15) is 18.4 Å². The highest BCUT2D eigenvalue weighted by atomic mass is 19.4. The summed E-state index contributed by atoms with van der Waals surface area (Å²) in [6.07, 6.45) is -3.06. The minimum absolute atomic E-state index is 0.0392. The molecule has 2 nitrogen and oxygen atoms in total. The zero-order chi connectivity index (χ0) is 11.8. The van der Waals surface area contributed by atoms with Crippen LogP contribution in [0.2, 0.25) is 0 Å². The smallest absolute Gasteiger partial charge is 0.406 e. The molecule has 0 unspecified atom stereocenters. The Balaban J connectivity index is 2.20. The summed E-state index contributed by atoms with van der Waals surface area (Å²) in [6.45, 7) is -0.0392. The van der Waals surface area contributed by atoms with Gasteiger partial charge in [-0.05, 0) is 30.5 Å². The molecule has 0 atom stereocenters. The number of halogens is 3. The number of aliphatic hydroxyl groups is 1. The lowest BCUT2D eigenvalue weighted by Crippen LogP contribution is -2.18. The maximum Gasteiger partial charge on any atom is 0.573 e. The lowest BCUT2D eigenvalue weighted by Gasteiger charge is -2.14. The Morgan fingerprint density at radius 1 is 1.31 bits per heavy atom. The zero-order valence-corrected chi connectivity index (χ0v) is 8.42. The van der Waals surface area contributed by atoms with Gasteiger partial charge in [0, 0.05) is 5.41 Å². The molecule has 0 radical (unpaired) electrons. The van der Waals surface area contributed by atoms with Crippen molar-refractivity contribution in [3.05, 3.63) is 29.8 Å². The van der Waals surface area contributed by atoms with Crippen molar-refractivity contribution in [2.75, 3.05) is 6.61 Å². The predicted octanol–water partition coefficient (Wildman–Crippen LogP) is 2.61. The zero-order valence-electron chi connectivity index (χ0n) is 8.42. The van der Waals surface area contributed by atoms with E-state index in [-0.39, 0.29) is 17.8 Å². The fourth-order valence-electron chi connectivity index (χ4n) is 1.71. The molecule has 0 amide bonds. The van der Waals surface area contributed by atoms with Gasteiger partial charge in [-0.25, -0.2) is 0 Å². The Labute approximate surface area is 90.7 Å². The number of rotatable bonds is 3. The highest BCUT2D eigenvalue weighted by Crippen LogP contribution is 2.48. The van der Waals surface area contributed by atoms with Crippen LogP contribution in [-0.4, -0.2) is 18.1 Å². The van der Waals surface area contributed by atoms with Gasteiger partial charge in [-0.3, -0.25) is 0 Å². The van der Waals surface area contributed by atoms with Gasteiger partial charge >= 0.3 is 6.36 Å². The molecule has 0 bridgehead atoms. The molecule has 1 fully saturated rings. The van der Waals surface area contributed by atoms with Crippen molar-refractivity contribution in [2.24, 2.45) is 0 Å². The normalized spacial score (nSPS) is 18.2. The van der Waals surface area contributed by atoms with Gasteiger partial charge in [-0.2, -0.15) is 0 Å². The second kappa shape index (κ2) is 3.66. The number of ether oxygens (including phenoxy) is 1. The van der Waals surface area contributed by atoms with Crippen molar-refractivity contribution in [3.8, 4) is 5.75 Å². The Kier molecular flexibility index (Phi) is 2.58. The Morgan fingerprint density at radius 3 is 2.50 bits per heavy atom. The first-order chi connectivity index (χ1) is 7.45. The van der Waals surface area contributed by atoms with E-state index in [2.05, 4.69) is 4.74 Å². The standard InChI is InChI=1S/C11H11F3O2/c12-11(13,14)16-9-3-1-2-8(6-9)10(7-15)4-5-10/h1-3,6,15H,4-5,7H2. The van der Waals surface area contributed by atoms with E-state index in [4.69, 9.17) is 0 Å². The van der Waals surface area contributed by atoms with Crippen LogP contribution in [-0.2, 0) is 5.41 Å². The summed E-state index contributed by atoms with van der Waals surface area (Å²) in [5, 5.41) is 9.17. The van der Waals surface area contributed by atoms with E-state index in [0.717, 1.165) is 12.8 Å². The Morgan fingerprint density at radius 2 is 2.00 bits per heavy atom. The number of alkyl halides is 3. The molecule has 1 aliphatic carbocycles. The number of hydrogen-bond acceptors (Lipinski definition) is 2. The topological polar surface area (TPSA) is 29.5 Å². The summed E-state index contributed by atoms with van der Waals surface area (Å²) in [5.41, 5.74) is 0.363. The fourth-order valence-corrected chi connectivity index (χ4v) is 1.71. The Bertz CT molecular complexity index is 383. The van der Waals surface area contributed by atoms with Gasteiger partial charge in [0.05, 0.1) is 6.61 Å². The summed E-state index contributed by atoms with van der Waals surface area (Å²) in [4.78, 5) is 0. The lowest BCUT2D eigenvalue weighted by molar-refractivity contribution is -0.274. The summed E-state index contributed by atoms with van der Waals surface area (Å²) in [6, 6.07) is 5.82. The van der Waals surface area contributed by atoms with E-state index >= 15 is 0 Å². The predicted molar refractivity (Wildman–Crippen MR) is 51.1 cm³/mol. The van der Waals surface area contributed by atoms with Gasteiger partial charge in [-0.1, -0.05) is 12.1 Å². The van der Waals surface area contributed by atoms with E-state index in [1.807, 2.05) is 0 Å². The average molecular weight is 232 g/mol. The summed E-state index contributed by atoms with van der Waals surface area (Å²) in [5.74, 6) is -0.232. The van der Waals surface area contributed by atoms with Gasteiger partial charge in [0.25, 0.3) is 0 Å². The molecule has 0 aromatic heterocycles. The van der Waals surface area contributed by atoms with Crippen LogP contribution in [0.15, 0.2) is 24.3 Å². The largest absolute Gasteiger partial charge is 0.573 e. The van der Waals surface area contributed by atoms with Gasteiger partial charge in [0.2, 0.25) is 0 Å². The molecule has 16 heavy (non-hydrogen) atoms. The van der Waals surface area contributed by atoms with Crippen LogP contribution in [0.4, 0.5) is 13.2 Å². The Hall–Kier alpha value is -1.23. The van der Waals surface area contributed by atoms with E-state index in [1.54, 1.807) is 6.07 Å². The molecule has 1 aromatic carbocycles. The van der Waals surface area contributed by atoms with Crippen molar-refractivity contribution in [1.29, 1.82) is 0 Å². The van der Waals surface area contributed by atoms with Crippen molar-refractivity contribution in [3.63, 3.8) is 0 Å². The quantitative estimate of drug-likeness (QED) is 0.868. The number of aliphatic hydroxyl groups excluding tert-OH is 1. The lowest BCUT2D eigenvalue weighted by atomic mass is 9.97.